The molecule has 0 saturated heterocycles. The summed E-state index contributed by atoms with van der Waals surface area (Å²) in [5.74, 6) is 0.860. The van der Waals surface area contributed by atoms with E-state index in [2.05, 4.69) is 18.2 Å². The van der Waals surface area contributed by atoms with E-state index in [0.29, 0.717) is 0 Å². The minimum atomic E-state index is -0.0832. The van der Waals surface area contributed by atoms with Crippen LogP contribution in [0.4, 0.5) is 0 Å². The van der Waals surface area contributed by atoms with Crippen LogP contribution in [-0.2, 0) is 0 Å². The minimum Gasteiger partial charge on any atom is -0.497 e. The van der Waals surface area contributed by atoms with Crippen molar-refractivity contribution in [1.82, 2.24) is 0 Å². The largest absolute Gasteiger partial charge is 0.497 e. The van der Waals surface area contributed by atoms with Gasteiger partial charge in [-0.05, 0) is 47.4 Å². The van der Waals surface area contributed by atoms with Gasteiger partial charge in [-0.15, -0.1) is 0 Å². The number of hydrogen-bond acceptors (Lipinski definition) is 3. The summed E-state index contributed by atoms with van der Waals surface area (Å²) in [5, 5.41) is 11.8. The van der Waals surface area contributed by atoms with Crippen LogP contribution in [0, 0.1) is 5.41 Å². The first kappa shape index (κ1) is 12.5. The Morgan fingerprint density at radius 2 is 1.89 bits per heavy atom. The maximum absolute atomic E-state index is 9.47. The van der Waals surface area contributed by atoms with Crippen molar-refractivity contribution in [3.8, 4) is 5.75 Å². The Bertz CT molecular complexity index is 605. The monoisotopic (exact) mass is 257 g/mol. The van der Waals surface area contributed by atoms with Crippen molar-refractivity contribution in [3.63, 3.8) is 0 Å². The van der Waals surface area contributed by atoms with E-state index < -0.39 is 0 Å². The molecule has 0 bridgehead atoms. The van der Waals surface area contributed by atoms with E-state index in [4.69, 9.17) is 10.5 Å². The van der Waals surface area contributed by atoms with Crippen LogP contribution in [0.2, 0.25) is 0 Å². The summed E-state index contributed by atoms with van der Waals surface area (Å²) >= 11 is 0. The van der Waals surface area contributed by atoms with Gasteiger partial charge in [0.05, 0.1) is 13.7 Å². The molecule has 2 aromatic rings. The molecule has 100 valence electrons. The number of methoxy groups -OCH3 is 1. The second kappa shape index (κ2) is 4.51. The van der Waals surface area contributed by atoms with Crippen molar-refractivity contribution < 1.29 is 9.84 Å². The summed E-state index contributed by atoms with van der Waals surface area (Å²) in [6, 6.07) is 12.2. The average Bonchev–Trinajstić information content (AvgIpc) is 3.26. The maximum Gasteiger partial charge on any atom is 0.119 e. The highest BCUT2D eigenvalue weighted by Crippen LogP contribution is 2.53. The van der Waals surface area contributed by atoms with Crippen LogP contribution in [-0.4, -0.2) is 18.8 Å². The predicted molar refractivity (Wildman–Crippen MR) is 76.2 cm³/mol. The number of aliphatic hydroxyl groups excluding tert-OH is 1. The smallest absolute Gasteiger partial charge is 0.119 e. The van der Waals surface area contributed by atoms with E-state index in [1.807, 2.05) is 18.2 Å². The van der Waals surface area contributed by atoms with Crippen molar-refractivity contribution in [2.45, 2.75) is 18.9 Å². The Balaban J connectivity index is 1.98. The van der Waals surface area contributed by atoms with Gasteiger partial charge in [0, 0.05) is 11.5 Å². The number of ether oxygens (including phenoxy) is 1. The minimum absolute atomic E-state index is 0.0796. The van der Waals surface area contributed by atoms with Crippen LogP contribution < -0.4 is 10.5 Å². The maximum atomic E-state index is 9.47. The topological polar surface area (TPSA) is 55.5 Å². The quantitative estimate of drug-likeness (QED) is 0.885. The van der Waals surface area contributed by atoms with Crippen molar-refractivity contribution >= 4 is 10.8 Å². The third kappa shape index (κ3) is 2.09. The fourth-order valence-electron chi connectivity index (χ4n) is 2.64. The van der Waals surface area contributed by atoms with E-state index in [1.165, 1.54) is 0 Å². The molecule has 0 amide bonds. The highest BCUT2D eigenvalue weighted by atomic mass is 16.5. The van der Waals surface area contributed by atoms with Crippen LogP contribution in [0.3, 0.4) is 0 Å². The first-order valence-corrected chi connectivity index (χ1v) is 6.63. The van der Waals surface area contributed by atoms with Gasteiger partial charge in [0.15, 0.2) is 0 Å². The molecule has 3 rings (SSSR count). The van der Waals surface area contributed by atoms with Crippen LogP contribution in [0.5, 0.6) is 5.75 Å². The second-order valence-corrected chi connectivity index (χ2v) is 5.47. The Morgan fingerprint density at radius 1 is 1.21 bits per heavy atom. The van der Waals surface area contributed by atoms with Crippen molar-refractivity contribution in [3.05, 3.63) is 42.0 Å². The average molecular weight is 257 g/mol. The van der Waals surface area contributed by atoms with Crippen LogP contribution in [0.1, 0.15) is 24.4 Å². The normalized spacial score (nSPS) is 18.3. The molecule has 19 heavy (non-hydrogen) atoms. The fraction of sp³-hybridized carbons (Fsp3) is 0.375. The zero-order chi connectivity index (χ0) is 13.5. The van der Waals surface area contributed by atoms with Crippen molar-refractivity contribution in [1.29, 1.82) is 0 Å². The molecule has 0 aliphatic heterocycles. The lowest BCUT2D eigenvalue weighted by atomic mass is 9.90. The van der Waals surface area contributed by atoms with Crippen molar-refractivity contribution in [2.75, 3.05) is 13.7 Å². The first-order valence-electron chi connectivity index (χ1n) is 6.63. The summed E-state index contributed by atoms with van der Waals surface area (Å²) in [6.45, 7) is 0.175. The molecular formula is C16H19NO2. The van der Waals surface area contributed by atoms with Crippen LogP contribution in [0.15, 0.2) is 36.4 Å². The van der Waals surface area contributed by atoms with E-state index in [-0.39, 0.29) is 18.1 Å². The van der Waals surface area contributed by atoms with Gasteiger partial charge in [-0.2, -0.15) is 0 Å². The predicted octanol–water partition coefficient (Wildman–Crippen LogP) is 2.62. The summed E-state index contributed by atoms with van der Waals surface area (Å²) in [6.07, 6.45) is 2.04. The SMILES string of the molecule is COc1ccc2cc(C(N)C3(CO)CC3)ccc2c1. The summed E-state index contributed by atoms with van der Waals surface area (Å²) < 4.78 is 5.22. The Hall–Kier alpha value is -1.58. The van der Waals surface area contributed by atoms with Gasteiger partial charge in [-0.25, -0.2) is 0 Å². The molecule has 1 atom stereocenters. The first-order chi connectivity index (χ1) is 9.18. The lowest BCUT2D eigenvalue weighted by Gasteiger charge is -2.21. The van der Waals surface area contributed by atoms with Gasteiger partial charge < -0.3 is 15.6 Å². The Labute approximate surface area is 113 Å². The van der Waals surface area contributed by atoms with Gasteiger partial charge in [0.1, 0.15) is 5.75 Å². The van der Waals surface area contributed by atoms with E-state index >= 15 is 0 Å². The molecule has 3 nitrogen and oxygen atoms in total. The molecule has 1 unspecified atom stereocenters. The summed E-state index contributed by atoms with van der Waals surface area (Å²) in [5.41, 5.74) is 7.33. The van der Waals surface area contributed by atoms with Gasteiger partial charge in [-0.3, -0.25) is 0 Å². The van der Waals surface area contributed by atoms with Gasteiger partial charge >= 0.3 is 0 Å². The summed E-state index contributed by atoms with van der Waals surface area (Å²) in [7, 11) is 1.67. The molecular weight excluding hydrogens is 238 g/mol. The number of rotatable bonds is 4. The molecule has 3 N–H and O–H groups in total. The Morgan fingerprint density at radius 3 is 2.53 bits per heavy atom. The molecule has 1 aliphatic carbocycles. The number of hydrogen-bond donors (Lipinski definition) is 2. The lowest BCUT2D eigenvalue weighted by molar-refractivity contribution is 0.188. The highest BCUT2D eigenvalue weighted by molar-refractivity contribution is 5.84. The van der Waals surface area contributed by atoms with E-state index in [0.717, 1.165) is 34.9 Å². The number of nitrogens with two attached hydrogens (primary N) is 1. The molecule has 1 aliphatic rings. The molecule has 0 spiro atoms. The number of benzene rings is 2. The molecule has 0 heterocycles. The number of fused-ring (bicyclic) bond motifs is 1. The molecule has 1 saturated carbocycles. The second-order valence-electron chi connectivity index (χ2n) is 5.47. The summed E-state index contributed by atoms with van der Waals surface area (Å²) in [4.78, 5) is 0. The molecule has 2 aromatic carbocycles. The standard InChI is InChI=1S/C16H19NO2/c1-19-14-5-4-11-8-13(3-2-12(11)9-14)15(17)16(10-18)6-7-16/h2-5,8-9,15,18H,6-7,10,17H2,1H3. The lowest BCUT2D eigenvalue weighted by Crippen LogP contribution is -2.25. The Kier molecular flexibility index (Phi) is 2.96. The molecule has 3 heteroatoms. The number of aliphatic hydroxyl groups is 1. The van der Waals surface area contributed by atoms with Gasteiger partial charge in [0.2, 0.25) is 0 Å². The molecule has 1 fully saturated rings. The van der Waals surface area contributed by atoms with Crippen LogP contribution >= 0.6 is 0 Å². The van der Waals surface area contributed by atoms with Crippen LogP contribution in [0.25, 0.3) is 10.8 Å². The van der Waals surface area contributed by atoms with Crippen molar-refractivity contribution in [2.24, 2.45) is 11.1 Å². The molecule has 0 radical (unpaired) electrons. The van der Waals surface area contributed by atoms with E-state index in [1.54, 1.807) is 7.11 Å². The van der Waals surface area contributed by atoms with Gasteiger partial charge in [0.25, 0.3) is 0 Å². The molecule has 0 aromatic heterocycles. The van der Waals surface area contributed by atoms with E-state index in [9.17, 15) is 5.11 Å². The third-order valence-corrected chi connectivity index (χ3v) is 4.30. The third-order valence-electron chi connectivity index (χ3n) is 4.30. The highest BCUT2D eigenvalue weighted by Gasteiger charge is 2.47. The zero-order valence-corrected chi connectivity index (χ0v) is 11.1. The zero-order valence-electron chi connectivity index (χ0n) is 11.1. The van der Waals surface area contributed by atoms with Gasteiger partial charge in [-0.1, -0.05) is 18.2 Å². The fourth-order valence-corrected chi connectivity index (χ4v) is 2.64.